The van der Waals surface area contributed by atoms with E-state index in [2.05, 4.69) is 35.1 Å². The summed E-state index contributed by atoms with van der Waals surface area (Å²) in [6, 6.07) is 9.56. The molecular weight excluding hydrogens is 320 g/mol. The maximum Gasteiger partial charge on any atom is 0.252 e. The fraction of sp³-hybridized carbons (Fsp3) is 0.217. The Morgan fingerprint density at radius 3 is 2.81 bits per heavy atom. The van der Waals surface area contributed by atoms with Crippen LogP contribution in [0.3, 0.4) is 0 Å². The number of hydrogen-bond donors (Lipinski definition) is 1. The summed E-state index contributed by atoms with van der Waals surface area (Å²) in [5.74, 6) is -0.0864. The van der Waals surface area contributed by atoms with Crippen LogP contribution in [0.25, 0.3) is 16.5 Å². The summed E-state index contributed by atoms with van der Waals surface area (Å²) in [5, 5.41) is 3.98. The highest BCUT2D eigenvalue weighted by molar-refractivity contribution is 6.07. The quantitative estimate of drug-likeness (QED) is 0.756. The highest BCUT2D eigenvalue weighted by Gasteiger charge is 2.17. The SMILES string of the molecule is C=C/C(=C\C)c1cc(C(=O)NC(C)C2=CCCC=C2)c2ccccc2n1. The molecule has 0 fully saturated rings. The van der Waals surface area contributed by atoms with Gasteiger partial charge in [0.05, 0.1) is 22.8 Å². The summed E-state index contributed by atoms with van der Waals surface area (Å²) >= 11 is 0. The van der Waals surface area contributed by atoms with E-state index in [0.29, 0.717) is 5.56 Å². The van der Waals surface area contributed by atoms with Gasteiger partial charge in [0.15, 0.2) is 0 Å². The molecule has 0 radical (unpaired) electrons. The molecular formula is C23H24N2O. The molecule has 0 spiro atoms. The van der Waals surface area contributed by atoms with Gasteiger partial charge in [0, 0.05) is 5.39 Å². The van der Waals surface area contributed by atoms with Gasteiger partial charge in [0.2, 0.25) is 0 Å². The average Bonchev–Trinajstić information content (AvgIpc) is 2.69. The molecule has 1 aromatic carbocycles. The largest absolute Gasteiger partial charge is 0.346 e. The standard InChI is InChI=1S/C23H24N2O/c1-4-17(5-2)22-15-20(19-13-9-10-14-21(19)25-22)23(26)24-16(3)18-11-7-6-8-12-18/h4-5,7,9-16H,1,6,8H2,2-3H3,(H,24,26)/b17-5+. The first kappa shape index (κ1) is 17.9. The predicted molar refractivity (Wildman–Crippen MR) is 109 cm³/mol. The van der Waals surface area contributed by atoms with Crippen LogP contribution in [0, 0.1) is 0 Å². The molecule has 1 amide bonds. The number of amides is 1. The molecule has 3 nitrogen and oxygen atoms in total. The van der Waals surface area contributed by atoms with Crippen molar-refractivity contribution in [3.05, 3.63) is 84.1 Å². The minimum Gasteiger partial charge on any atom is -0.346 e. The summed E-state index contributed by atoms with van der Waals surface area (Å²) in [5.41, 5.74) is 4.27. The van der Waals surface area contributed by atoms with E-state index in [1.807, 2.05) is 50.3 Å². The molecule has 1 N–H and O–H groups in total. The van der Waals surface area contributed by atoms with Crippen LogP contribution in [-0.2, 0) is 0 Å². The molecule has 1 atom stereocenters. The van der Waals surface area contributed by atoms with Gasteiger partial charge in [-0.25, -0.2) is 4.98 Å². The van der Waals surface area contributed by atoms with E-state index in [-0.39, 0.29) is 11.9 Å². The van der Waals surface area contributed by atoms with E-state index in [0.717, 1.165) is 40.6 Å². The maximum absolute atomic E-state index is 13.0. The molecule has 0 aliphatic heterocycles. The molecule has 0 saturated carbocycles. The van der Waals surface area contributed by atoms with Crippen LogP contribution >= 0.6 is 0 Å². The molecule has 0 saturated heterocycles. The third-order valence-electron chi connectivity index (χ3n) is 4.66. The zero-order chi connectivity index (χ0) is 18.5. The van der Waals surface area contributed by atoms with Gasteiger partial charge in [-0.1, -0.05) is 55.2 Å². The van der Waals surface area contributed by atoms with Crippen molar-refractivity contribution in [1.29, 1.82) is 0 Å². The van der Waals surface area contributed by atoms with E-state index in [4.69, 9.17) is 0 Å². The molecule has 3 rings (SSSR count). The average molecular weight is 344 g/mol. The van der Waals surface area contributed by atoms with Gasteiger partial charge >= 0.3 is 0 Å². The Labute approximate surface area is 154 Å². The van der Waals surface area contributed by atoms with Crippen LogP contribution in [-0.4, -0.2) is 16.9 Å². The molecule has 26 heavy (non-hydrogen) atoms. The summed E-state index contributed by atoms with van der Waals surface area (Å²) < 4.78 is 0. The Morgan fingerprint density at radius 1 is 1.31 bits per heavy atom. The van der Waals surface area contributed by atoms with Crippen molar-refractivity contribution in [2.24, 2.45) is 0 Å². The second-order valence-corrected chi connectivity index (χ2v) is 6.40. The fourth-order valence-corrected chi connectivity index (χ4v) is 3.19. The van der Waals surface area contributed by atoms with E-state index < -0.39 is 0 Å². The Bertz CT molecular complexity index is 934. The lowest BCUT2D eigenvalue weighted by Crippen LogP contribution is -2.34. The molecule has 132 valence electrons. The summed E-state index contributed by atoms with van der Waals surface area (Å²) in [7, 11) is 0. The number of fused-ring (bicyclic) bond motifs is 1. The number of hydrogen-bond acceptors (Lipinski definition) is 2. The van der Waals surface area contributed by atoms with Crippen LogP contribution in [0.5, 0.6) is 0 Å². The van der Waals surface area contributed by atoms with Gasteiger partial charge in [-0.05, 0) is 50.0 Å². The van der Waals surface area contributed by atoms with Crippen LogP contribution < -0.4 is 5.32 Å². The van der Waals surface area contributed by atoms with E-state index in [1.54, 1.807) is 6.08 Å². The van der Waals surface area contributed by atoms with Crippen LogP contribution in [0.2, 0.25) is 0 Å². The molecule has 1 aliphatic carbocycles. The number of nitrogens with one attached hydrogen (secondary N) is 1. The van der Waals surface area contributed by atoms with Gasteiger partial charge in [-0.2, -0.15) is 0 Å². The van der Waals surface area contributed by atoms with Crippen LogP contribution in [0.15, 0.2) is 72.9 Å². The molecule has 1 aromatic heterocycles. The zero-order valence-corrected chi connectivity index (χ0v) is 15.3. The van der Waals surface area contributed by atoms with E-state index in [9.17, 15) is 4.79 Å². The van der Waals surface area contributed by atoms with Crippen molar-refractivity contribution < 1.29 is 4.79 Å². The summed E-state index contributed by atoms with van der Waals surface area (Å²) in [4.78, 5) is 17.7. The highest BCUT2D eigenvalue weighted by atomic mass is 16.1. The monoisotopic (exact) mass is 344 g/mol. The first-order chi connectivity index (χ1) is 12.6. The minimum atomic E-state index is -0.0864. The molecule has 1 heterocycles. The second kappa shape index (κ2) is 7.96. The molecule has 1 unspecified atom stereocenters. The highest BCUT2D eigenvalue weighted by Crippen LogP contribution is 2.23. The Kier molecular flexibility index (Phi) is 5.47. The number of aromatic nitrogens is 1. The molecule has 1 aliphatic rings. The number of nitrogens with zero attached hydrogens (tertiary/aromatic N) is 1. The third kappa shape index (κ3) is 3.67. The maximum atomic E-state index is 13.0. The van der Waals surface area contributed by atoms with Crippen molar-refractivity contribution in [3.8, 4) is 0 Å². The van der Waals surface area contributed by atoms with Gasteiger partial charge in [-0.3, -0.25) is 4.79 Å². The van der Waals surface area contributed by atoms with E-state index in [1.165, 1.54) is 0 Å². The Balaban J connectivity index is 1.99. The number of carbonyl (C=O) groups is 1. The van der Waals surface area contributed by atoms with Crippen molar-refractivity contribution in [3.63, 3.8) is 0 Å². The molecule has 0 bridgehead atoms. The lowest BCUT2D eigenvalue weighted by atomic mass is 10.00. The molecule has 3 heteroatoms. The topological polar surface area (TPSA) is 42.0 Å². The second-order valence-electron chi connectivity index (χ2n) is 6.40. The number of rotatable bonds is 5. The first-order valence-corrected chi connectivity index (χ1v) is 9.00. The first-order valence-electron chi connectivity index (χ1n) is 9.00. The lowest BCUT2D eigenvalue weighted by Gasteiger charge is -2.18. The van der Waals surface area contributed by atoms with Crippen LogP contribution in [0.4, 0.5) is 0 Å². The predicted octanol–water partition coefficient (Wildman–Crippen LogP) is 5.22. The normalized spacial score (nSPS) is 15.5. The van der Waals surface area contributed by atoms with E-state index >= 15 is 0 Å². The smallest absolute Gasteiger partial charge is 0.252 e. The van der Waals surface area contributed by atoms with Gasteiger partial charge in [-0.15, -0.1) is 0 Å². The Morgan fingerprint density at radius 2 is 2.12 bits per heavy atom. The number of allylic oxidation sites excluding steroid dienone is 5. The zero-order valence-electron chi connectivity index (χ0n) is 15.3. The van der Waals surface area contributed by atoms with Crippen molar-refractivity contribution in [2.45, 2.75) is 32.7 Å². The summed E-state index contributed by atoms with van der Waals surface area (Å²) in [6.07, 6.45) is 12.2. The number of carbonyl (C=O) groups excluding carboxylic acids is 1. The Hall–Kier alpha value is -2.94. The fourth-order valence-electron chi connectivity index (χ4n) is 3.19. The van der Waals surface area contributed by atoms with Gasteiger partial charge < -0.3 is 5.32 Å². The number of para-hydroxylation sites is 1. The van der Waals surface area contributed by atoms with Crippen LogP contribution in [0.1, 0.15) is 42.7 Å². The number of benzene rings is 1. The third-order valence-corrected chi connectivity index (χ3v) is 4.66. The number of pyridine rings is 1. The van der Waals surface area contributed by atoms with Gasteiger partial charge in [0.25, 0.3) is 5.91 Å². The summed E-state index contributed by atoms with van der Waals surface area (Å²) in [6.45, 7) is 7.81. The minimum absolute atomic E-state index is 0.0324. The lowest BCUT2D eigenvalue weighted by molar-refractivity contribution is 0.0947. The van der Waals surface area contributed by atoms with Gasteiger partial charge in [0.1, 0.15) is 0 Å². The van der Waals surface area contributed by atoms with Crippen molar-refractivity contribution >= 4 is 22.4 Å². The van der Waals surface area contributed by atoms with Crippen molar-refractivity contribution in [1.82, 2.24) is 10.3 Å². The van der Waals surface area contributed by atoms with Crippen molar-refractivity contribution in [2.75, 3.05) is 0 Å². The molecule has 2 aromatic rings.